The Balaban J connectivity index is 0.00000200. The molecule has 4 heteroatoms. The van der Waals surface area contributed by atoms with Crippen molar-refractivity contribution in [2.45, 2.75) is 44.6 Å². The molecule has 2 rings (SSSR count). The van der Waals surface area contributed by atoms with Gasteiger partial charge in [0.05, 0.1) is 14.2 Å². The highest BCUT2D eigenvalue weighted by atomic mass is 35.5. The van der Waals surface area contributed by atoms with Crippen LogP contribution in [0.25, 0.3) is 0 Å². The Morgan fingerprint density at radius 3 is 2.45 bits per heavy atom. The zero-order chi connectivity index (χ0) is 13.5. The fourth-order valence-corrected chi connectivity index (χ4v) is 2.76. The third-order valence-corrected chi connectivity index (χ3v) is 3.88. The molecule has 0 spiro atoms. The van der Waals surface area contributed by atoms with Gasteiger partial charge in [-0.15, -0.1) is 12.4 Å². The van der Waals surface area contributed by atoms with E-state index in [1.165, 1.54) is 37.7 Å². The molecule has 0 aliphatic heterocycles. The van der Waals surface area contributed by atoms with E-state index in [1.54, 1.807) is 14.2 Å². The average molecular weight is 300 g/mol. The number of nitrogens with one attached hydrogen (secondary N) is 1. The molecule has 1 aromatic carbocycles. The van der Waals surface area contributed by atoms with E-state index >= 15 is 0 Å². The minimum absolute atomic E-state index is 0. The first-order chi connectivity index (χ1) is 9.33. The predicted molar refractivity (Wildman–Crippen MR) is 85.4 cm³/mol. The maximum atomic E-state index is 5.32. The van der Waals surface area contributed by atoms with Crippen molar-refractivity contribution in [1.82, 2.24) is 5.32 Å². The van der Waals surface area contributed by atoms with E-state index in [4.69, 9.17) is 9.47 Å². The van der Waals surface area contributed by atoms with E-state index in [1.807, 2.05) is 6.07 Å². The molecule has 1 aliphatic carbocycles. The summed E-state index contributed by atoms with van der Waals surface area (Å²) in [5.41, 5.74) is 1.31. The van der Waals surface area contributed by atoms with E-state index < -0.39 is 0 Å². The molecule has 20 heavy (non-hydrogen) atoms. The van der Waals surface area contributed by atoms with Crippen molar-refractivity contribution < 1.29 is 9.47 Å². The summed E-state index contributed by atoms with van der Waals surface area (Å²) in [4.78, 5) is 0. The van der Waals surface area contributed by atoms with Crippen LogP contribution in [0, 0.1) is 0 Å². The molecule has 0 unspecified atom stereocenters. The van der Waals surface area contributed by atoms with Gasteiger partial charge in [-0.1, -0.05) is 18.9 Å². The van der Waals surface area contributed by atoms with Gasteiger partial charge in [-0.3, -0.25) is 0 Å². The Morgan fingerprint density at radius 1 is 1.10 bits per heavy atom. The van der Waals surface area contributed by atoms with Gasteiger partial charge in [0.2, 0.25) is 0 Å². The summed E-state index contributed by atoms with van der Waals surface area (Å²) in [6, 6.07) is 6.95. The van der Waals surface area contributed by atoms with Gasteiger partial charge in [-0.2, -0.15) is 0 Å². The first kappa shape index (κ1) is 17.1. The van der Waals surface area contributed by atoms with Crippen LogP contribution in [0.1, 0.15) is 37.7 Å². The van der Waals surface area contributed by atoms with E-state index in [9.17, 15) is 0 Å². The Labute approximate surface area is 128 Å². The Bertz CT molecular complexity index is 392. The highest BCUT2D eigenvalue weighted by Crippen LogP contribution is 2.27. The number of hydrogen-bond donors (Lipinski definition) is 1. The number of halogens is 1. The van der Waals surface area contributed by atoms with Crippen LogP contribution < -0.4 is 14.8 Å². The van der Waals surface area contributed by atoms with Crippen molar-refractivity contribution in [3.05, 3.63) is 23.8 Å². The second kappa shape index (κ2) is 9.09. The lowest BCUT2D eigenvalue weighted by atomic mass is 10.1. The SMILES string of the molecule is COc1ccc(CCCNC2CCCC2)cc1OC.Cl. The second-order valence-electron chi connectivity index (χ2n) is 5.23. The predicted octanol–water partition coefficient (Wildman–Crippen LogP) is 3.59. The lowest BCUT2D eigenvalue weighted by molar-refractivity contribution is 0.354. The van der Waals surface area contributed by atoms with Crippen LogP contribution in [-0.4, -0.2) is 26.8 Å². The minimum Gasteiger partial charge on any atom is -0.493 e. The van der Waals surface area contributed by atoms with Gasteiger partial charge in [-0.25, -0.2) is 0 Å². The third kappa shape index (κ3) is 4.88. The van der Waals surface area contributed by atoms with Crippen molar-refractivity contribution >= 4 is 12.4 Å². The standard InChI is InChI=1S/C16H25NO2.ClH/c1-18-15-10-9-13(12-16(15)19-2)6-5-11-17-14-7-3-4-8-14;/h9-10,12,14,17H,3-8,11H2,1-2H3;1H. The van der Waals surface area contributed by atoms with E-state index in [2.05, 4.69) is 17.4 Å². The van der Waals surface area contributed by atoms with E-state index in [-0.39, 0.29) is 12.4 Å². The molecule has 1 saturated carbocycles. The highest BCUT2D eigenvalue weighted by Gasteiger charge is 2.13. The van der Waals surface area contributed by atoms with Crippen molar-refractivity contribution in [2.75, 3.05) is 20.8 Å². The first-order valence-electron chi connectivity index (χ1n) is 7.28. The number of rotatable bonds is 7. The van der Waals surface area contributed by atoms with Gasteiger partial charge in [0.25, 0.3) is 0 Å². The molecule has 0 saturated heterocycles. The van der Waals surface area contributed by atoms with Crippen LogP contribution in [0.15, 0.2) is 18.2 Å². The summed E-state index contributed by atoms with van der Waals surface area (Å²) in [6.07, 6.45) is 7.76. The van der Waals surface area contributed by atoms with Gasteiger partial charge in [0.1, 0.15) is 0 Å². The lowest BCUT2D eigenvalue weighted by Crippen LogP contribution is -2.27. The molecule has 0 atom stereocenters. The van der Waals surface area contributed by atoms with Crippen LogP contribution >= 0.6 is 12.4 Å². The first-order valence-corrected chi connectivity index (χ1v) is 7.28. The van der Waals surface area contributed by atoms with Gasteiger partial charge >= 0.3 is 0 Å². The van der Waals surface area contributed by atoms with Gasteiger partial charge < -0.3 is 14.8 Å². The van der Waals surface area contributed by atoms with Crippen LogP contribution in [-0.2, 0) is 6.42 Å². The van der Waals surface area contributed by atoms with Crippen molar-refractivity contribution in [1.29, 1.82) is 0 Å². The molecule has 3 nitrogen and oxygen atoms in total. The number of hydrogen-bond acceptors (Lipinski definition) is 3. The zero-order valence-electron chi connectivity index (χ0n) is 12.5. The second-order valence-corrected chi connectivity index (χ2v) is 5.23. The van der Waals surface area contributed by atoms with Crippen LogP contribution in [0.4, 0.5) is 0 Å². The van der Waals surface area contributed by atoms with Gasteiger partial charge in [-0.05, 0) is 49.9 Å². The smallest absolute Gasteiger partial charge is 0.160 e. The van der Waals surface area contributed by atoms with Gasteiger partial charge in [0.15, 0.2) is 11.5 Å². The third-order valence-electron chi connectivity index (χ3n) is 3.88. The maximum Gasteiger partial charge on any atom is 0.160 e. The number of benzene rings is 1. The monoisotopic (exact) mass is 299 g/mol. The summed E-state index contributed by atoms with van der Waals surface area (Å²) in [7, 11) is 3.35. The topological polar surface area (TPSA) is 30.5 Å². The Hall–Kier alpha value is -0.930. The quantitative estimate of drug-likeness (QED) is 0.781. The van der Waals surface area contributed by atoms with Crippen LogP contribution in [0.5, 0.6) is 11.5 Å². The Kier molecular flexibility index (Phi) is 7.78. The van der Waals surface area contributed by atoms with E-state index in [0.29, 0.717) is 0 Å². The number of ether oxygens (including phenoxy) is 2. The number of methoxy groups -OCH3 is 2. The molecule has 114 valence electrons. The molecular weight excluding hydrogens is 274 g/mol. The summed E-state index contributed by atoms with van der Waals surface area (Å²) in [5.74, 6) is 1.62. The molecule has 0 radical (unpaired) electrons. The molecule has 0 heterocycles. The fourth-order valence-electron chi connectivity index (χ4n) is 2.76. The summed E-state index contributed by atoms with van der Waals surface area (Å²) >= 11 is 0. The number of aryl methyl sites for hydroxylation is 1. The molecule has 0 aromatic heterocycles. The average Bonchev–Trinajstić information content (AvgIpc) is 2.96. The molecule has 0 amide bonds. The van der Waals surface area contributed by atoms with Crippen molar-refractivity contribution in [3.8, 4) is 11.5 Å². The molecular formula is C16H26ClNO2. The van der Waals surface area contributed by atoms with Gasteiger partial charge in [0, 0.05) is 6.04 Å². The lowest BCUT2D eigenvalue weighted by Gasteiger charge is -2.12. The molecule has 1 aromatic rings. The molecule has 1 aliphatic rings. The molecule has 0 bridgehead atoms. The minimum atomic E-state index is 0. The largest absolute Gasteiger partial charge is 0.493 e. The fraction of sp³-hybridized carbons (Fsp3) is 0.625. The summed E-state index contributed by atoms with van der Waals surface area (Å²) in [6.45, 7) is 1.11. The zero-order valence-corrected chi connectivity index (χ0v) is 13.3. The molecule has 1 N–H and O–H groups in total. The van der Waals surface area contributed by atoms with Crippen molar-refractivity contribution in [2.24, 2.45) is 0 Å². The highest BCUT2D eigenvalue weighted by molar-refractivity contribution is 5.85. The summed E-state index contributed by atoms with van der Waals surface area (Å²) in [5, 5.41) is 3.65. The normalized spacial score (nSPS) is 14.9. The van der Waals surface area contributed by atoms with Crippen LogP contribution in [0.2, 0.25) is 0 Å². The maximum absolute atomic E-state index is 5.32. The van der Waals surface area contributed by atoms with Crippen molar-refractivity contribution in [3.63, 3.8) is 0 Å². The van der Waals surface area contributed by atoms with Crippen LogP contribution in [0.3, 0.4) is 0 Å². The Morgan fingerprint density at radius 2 is 1.80 bits per heavy atom. The molecule has 1 fully saturated rings. The van der Waals surface area contributed by atoms with E-state index in [0.717, 1.165) is 30.5 Å². The summed E-state index contributed by atoms with van der Waals surface area (Å²) < 4.78 is 10.6.